The second-order valence-electron chi connectivity index (χ2n) is 9.68. The van der Waals surface area contributed by atoms with E-state index in [1.165, 1.54) is 63.0 Å². The Morgan fingerprint density at radius 1 is 0.767 bits per heavy atom. The first-order chi connectivity index (χ1) is 14.5. The average Bonchev–Trinajstić information content (AvgIpc) is 2.73. The van der Waals surface area contributed by atoms with Gasteiger partial charge in [0.05, 0.1) is 6.61 Å². The van der Waals surface area contributed by atoms with Gasteiger partial charge in [-0.2, -0.15) is 0 Å². The molecule has 30 heavy (non-hydrogen) atoms. The van der Waals surface area contributed by atoms with Crippen molar-refractivity contribution in [1.29, 1.82) is 0 Å². The van der Waals surface area contributed by atoms with Gasteiger partial charge < -0.3 is 4.74 Å². The van der Waals surface area contributed by atoms with Crippen LogP contribution in [0.3, 0.4) is 0 Å². The Hall–Kier alpha value is -1.68. The van der Waals surface area contributed by atoms with Crippen LogP contribution in [0.2, 0.25) is 25.7 Å². The highest BCUT2D eigenvalue weighted by Crippen LogP contribution is 2.20. The summed E-state index contributed by atoms with van der Waals surface area (Å²) < 4.78 is 5.90. The molecule has 0 fully saturated rings. The predicted molar refractivity (Wildman–Crippen MR) is 132 cm³/mol. The molecule has 0 saturated carbocycles. The zero-order chi connectivity index (χ0) is 21.7. The van der Waals surface area contributed by atoms with Gasteiger partial charge in [0.2, 0.25) is 0 Å². The van der Waals surface area contributed by atoms with E-state index in [0.717, 1.165) is 36.6 Å². The van der Waals surface area contributed by atoms with E-state index >= 15 is 0 Å². The average molecular weight is 427 g/mol. The third-order valence-electron chi connectivity index (χ3n) is 5.48. The number of hydrogen-bond acceptors (Lipinski definition) is 3. The lowest BCUT2D eigenvalue weighted by Crippen LogP contribution is -2.18. The van der Waals surface area contributed by atoms with Crippen molar-refractivity contribution in [2.45, 2.75) is 96.8 Å². The van der Waals surface area contributed by atoms with Gasteiger partial charge in [0.15, 0.2) is 5.82 Å². The van der Waals surface area contributed by atoms with Crippen molar-refractivity contribution in [3.05, 3.63) is 42.2 Å². The molecule has 2 aromatic rings. The fourth-order valence-corrected chi connectivity index (χ4v) is 4.88. The SMILES string of the molecule is CCCCCCCCc1cnc(-c2ccc(OCCCCC[Si](C)(C)C)cc2)nc1. The maximum Gasteiger partial charge on any atom is 0.159 e. The Labute approximate surface area is 185 Å². The molecular formula is C26H42N2OSi. The van der Waals surface area contributed by atoms with Crippen LogP contribution < -0.4 is 4.74 Å². The zero-order valence-corrected chi connectivity index (χ0v) is 20.8. The molecule has 1 aromatic heterocycles. The molecule has 166 valence electrons. The Bertz CT molecular complexity index is 692. The smallest absolute Gasteiger partial charge is 0.159 e. The number of rotatable bonds is 15. The van der Waals surface area contributed by atoms with E-state index < -0.39 is 8.07 Å². The maximum atomic E-state index is 5.90. The van der Waals surface area contributed by atoms with E-state index in [1.54, 1.807) is 0 Å². The van der Waals surface area contributed by atoms with Crippen molar-refractivity contribution >= 4 is 8.07 Å². The first-order valence-electron chi connectivity index (χ1n) is 12.0. The largest absolute Gasteiger partial charge is 0.494 e. The molecule has 0 N–H and O–H groups in total. The summed E-state index contributed by atoms with van der Waals surface area (Å²) in [7, 11) is -0.890. The van der Waals surface area contributed by atoms with Crippen molar-refractivity contribution < 1.29 is 4.74 Å². The molecule has 4 heteroatoms. The normalized spacial score (nSPS) is 11.6. The van der Waals surface area contributed by atoms with Crippen LogP contribution in [0.1, 0.15) is 70.3 Å². The number of unbranched alkanes of at least 4 members (excludes halogenated alkanes) is 7. The third-order valence-corrected chi connectivity index (χ3v) is 7.33. The Kier molecular flexibility index (Phi) is 11.1. The molecular weight excluding hydrogens is 384 g/mol. The lowest BCUT2D eigenvalue weighted by atomic mass is 10.1. The molecule has 2 rings (SSSR count). The second-order valence-corrected chi connectivity index (χ2v) is 15.3. The predicted octanol–water partition coefficient (Wildman–Crippen LogP) is 7.93. The molecule has 0 spiro atoms. The Morgan fingerprint density at radius 3 is 2.07 bits per heavy atom. The topological polar surface area (TPSA) is 35.0 Å². The summed E-state index contributed by atoms with van der Waals surface area (Å²) in [6.07, 6.45) is 16.7. The van der Waals surface area contributed by atoms with E-state index in [2.05, 4.69) is 48.7 Å². The summed E-state index contributed by atoms with van der Waals surface area (Å²) in [6, 6.07) is 9.60. The van der Waals surface area contributed by atoms with E-state index in [4.69, 9.17) is 4.74 Å². The molecule has 0 aliphatic carbocycles. The van der Waals surface area contributed by atoms with Crippen molar-refractivity contribution in [3.63, 3.8) is 0 Å². The molecule has 0 aliphatic rings. The molecule has 0 radical (unpaired) electrons. The van der Waals surface area contributed by atoms with Gasteiger partial charge in [0, 0.05) is 26.0 Å². The van der Waals surface area contributed by atoms with Crippen molar-refractivity contribution in [2.75, 3.05) is 6.61 Å². The van der Waals surface area contributed by atoms with Crippen molar-refractivity contribution in [3.8, 4) is 17.1 Å². The van der Waals surface area contributed by atoms with E-state index in [0.29, 0.717) is 0 Å². The summed E-state index contributed by atoms with van der Waals surface area (Å²) in [5, 5.41) is 0. The zero-order valence-electron chi connectivity index (χ0n) is 19.8. The minimum absolute atomic E-state index is 0.791. The molecule has 1 heterocycles. The number of aromatic nitrogens is 2. The fraction of sp³-hybridized carbons (Fsp3) is 0.615. The second kappa shape index (κ2) is 13.6. The van der Waals surface area contributed by atoms with Crippen LogP contribution in [-0.4, -0.2) is 24.6 Å². The summed E-state index contributed by atoms with van der Waals surface area (Å²) in [5.41, 5.74) is 2.28. The standard InChI is InChI=1S/C26H42N2OSi/c1-5-6-7-8-9-11-14-23-21-27-26(28-22-23)24-15-17-25(18-16-24)29-19-12-10-13-20-30(2,3)4/h15-18,21-22H,5-14,19-20H2,1-4H3. The number of aryl methyl sites for hydroxylation is 1. The number of nitrogens with zero attached hydrogens (tertiary/aromatic N) is 2. The Morgan fingerprint density at radius 2 is 1.40 bits per heavy atom. The van der Waals surface area contributed by atoms with Crippen LogP contribution in [-0.2, 0) is 6.42 Å². The van der Waals surface area contributed by atoms with E-state index in [9.17, 15) is 0 Å². The van der Waals surface area contributed by atoms with Gasteiger partial charge in [-0.15, -0.1) is 0 Å². The summed E-state index contributed by atoms with van der Waals surface area (Å²) in [6.45, 7) is 10.4. The molecule has 1 aromatic carbocycles. The minimum Gasteiger partial charge on any atom is -0.494 e. The van der Waals surface area contributed by atoms with Crippen LogP contribution >= 0.6 is 0 Å². The first-order valence-corrected chi connectivity index (χ1v) is 15.7. The van der Waals surface area contributed by atoms with Gasteiger partial charge in [-0.05, 0) is 49.1 Å². The van der Waals surface area contributed by atoms with E-state index in [-0.39, 0.29) is 0 Å². The van der Waals surface area contributed by atoms with E-state index in [1.807, 2.05) is 24.5 Å². The van der Waals surface area contributed by atoms with Crippen LogP contribution in [0, 0.1) is 0 Å². The quantitative estimate of drug-likeness (QED) is 0.214. The van der Waals surface area contributed by atoms with Gasteiger partial charge >= 0.3 is 0 Å². The van der Waals surface area contributed by atoms with Crippen molar-refractivity contribution in [2.24, 2.45) is 0 Å². The molecule has 0 unspecified atom stereocenters. The minimum atomic E-state index is -0.890. The molecule has 0 saturated heterocycles. The van der Waals surface area contributed by atoms with Crippen LogP contribution in [0.15, 0.2) is 36.7 Å². The highest BCUT2D eigenvalue weighted by Gasteiger charge is 2.11. The molecule has 0 amide bonds. The molecule has 3 nitrogen and oxygen atoms in total. The lowest BCUT2D eigenvalue weighted by Gasteiger charge is -2.15. The first kappa shape index (κ1) is 24.6. The highest BCUT2D eigenvalue weighted by molar-refractivity contribution is 6.76. The summed E-state index contributed by atoms with van der Waals surface area (Å²) in [5.74, 6) is 1.73. The summed E-state index contributed by atoms with van der Waals surface area (Å²) >= 11 is 0. The van der Waals surface area contributed by atoms with Crippen LogP contribution in [0.4, 0.5) is 0 Å². The number of hydrogen-bond donors (Lipinski definition) is 0. The maximum absolute atomic E-state index is 5.90. The fourth-order valence-electron chi connectivity index (χ4n) is 3.57. The van der Waals surface area contributed by atoms with Crippen molar-refractivity contribution in [1.82, 2.24) is 9.97 Å². The highest BCUT2D eigenvalue weighted by atomic mass is 28.3. The van der Waals surface area contributed by atoms with Gasteiger partial charge in [-0.1, -0.05) is 77.6 Å². The number of benzene rings is 1. The van der Waals surface area contributed by atoms with Gasteiger partial charge in [-0.25, -0.2) is 9.97 Å². The third kappa shape index (κ3) is 10.4. The van der Waals surface area contributed by atoms with Gasteiger partial charge in [0.25, 0.3) is 0 Å². The van der Waals surface area contributed by atoms with Crippen LogP contribution in [0.5, 0.6) is 5.75 Å². The Balaban J connectivity index is 1.68. The molecule has 0 aliphatic heterocycles. The van der Waals surface area contributed by atoms with Gasteiger partial charge in [-0.3, -0.25) is 0 Å². The molecule has 0 atom stereocenters. The monoisotopic (exact) mass is 426 g/mol. The number of ether oxygens (including phenoxy) is 1. The van der Waals surface area contributed by atoms with Crippen LogP contribution in [0.25, 0.3) is 11.4 Å². The van der Waals surface area contributed by atoms with Gasteiger partial charge in [0.1, 0.15) is 5.75 Å². The lowest BCUT2D eigenvalue weighted by molar-refractivity contribution is 0.306. The summed E-state index contributed by atoms with van der Waals surface area (Å²) in [4.78, 5) is 9.15. The molecule has 0 bridgehead atoms.